The molecule has 1 aliphatic rings. The number of anilines is 1. The minimum Gasteiger partial charge on any atom is -0.467 e. The van der Waals surface area contributed by atoms with Crippen LogP contribution in [-0.4, -0.2) is 20.2 Å². The van der Waals surface area contributed by atoms with Crippen LogP contribution in [0.5, 0.6) is 5.75 Å². The number of halogens is 1. The minimum absolute atomic E-state index is 0.138. The lowest BCUT2D eigenvalue weighted by Crippen LogP contribution is -2.30. The number of sulfonamides is 1. The third-order valence-corrected chi connectivity index (χ3v) is 6.53. The Morgan fingerprint density at radius 2 is 1.68 bits per heavy atom. The molecular weight excluding hydrogens is 459 g/mol. The molecular formula is C25H17FN2O5S. The maximum absolute atomic E-state index is 13.1. The average molecular weight is 476 g/mol. The van der Waals surface area contributed by atoms with E-state index in [-0.39, 0.29) is 28.6 Å². The molecule has 0 saturated carbocycles. The monoisotopic (exact) mass is 476 g/mol. The number of amidine groups is 1. The van der Waals surface area contributed by atoms with Gasteiger partial charge in [0, 0.05) is 11.3 Å². The molecule has 1 aliphatic heterocycles. The summed E-state index contributed by atoms with van der Waals surface area (Å²) >= 11 is 0. The van der Waals surface area contributed by atoms with Crippen LogP contribution in [0.2, 0.25) is 0 Å². The number of benzene rings is 3. The molecule has 0 spiro atoms. The predicted molar refractivity (Wildman–Crippen MR) is 123 cm³/mol. The van der Waals surface area contributed by atoms with Crippen LogP contribution in [0.25, 0.3) is 0 Å². The zero-order valence-corrected chi connectivity index (χ0v) is 18.4. The van der Waals surface area contributed by atoms with Gasteiger partial charge in [-0.3, -0.25) is 0 Å². The number of hydrogen-bond acceptors (Lipinski definition) is 6. The predicted octanol–water partition coefficient (Wildman–Crippen LogP) is 4.79. The summed E-state index contributed by atoms with van der Waals surface area (Å²) < 4.78 is 53.2. The van der Waals surface area contributed by atoms with Gasteiger partial charge in [-0.25, -0.2) is 9.18 Å². The molecule has 7 nitrogen and oxygen atoms in total. The van der Waals surface area contributed by atoms with E-state index in [0.717, 1.165) is 0 Å². The smallest absolute Gasteiger partial charge is 0.343 e. The highest BCUT2D eigenvalue weighted by molar-refractivity contribution is 7.90. The SMILES string of the molecule is O=C(Oc1ccc(N(Cc2ccco2)C2=NS(=O)(=O)c3ccccc32)cc1)c1ccc(F)cc1. The van der Waals surface area contributed by atoms with Crippen LogP contribution in [0.3, 0.4) is 0 Å². The van der Waals surface area contributed by atoms with Crippen LogP contribution >= 0.6 is 0 Å². The first kappa shape index (κ1) is 21.6. The van der Waals surface area contributed by atoms with Crippen molar-refractivity contribution < 1.29 is 26.8 Å². The van der Waals surface area contributed by atoms with E-state index >= 15 is 0 Å². The van der Waals surface area contributed by atoms with E-state index in [2.05, 4.69) is 4.40 Å². The standard InChI is InChI=1S/C25H17FN2O5S/c26-18-9-7-17(8-10-18)25(29)33-20-13-11-19(12-14-20)28(16-21-4-3-15-32-21)24-22-5-1-2-6-23(22)34(30,31)27-24/h1-15H,16H2. The fourth-order valence-electron chi connectivity index (χ4n) is 3.58. The minimum atomic E-state index is -3.82. The van der Waals surface area contributed by atoms with E-state index in [1.807, 2.05) is 0 Å². The normalized spacial score (nSPS) is 13.7. The lowest BCUT2D eigenvalue weighted by molar-refractivity contribution is 0.0734. The number of carbonyl (C=O) groups excluding carboxylic acids is 1. The van der Waals surface area contributed by atoms with E-state index < -0.39 is 21.8 Å². The van der Waals surface area contributed by atoms with Gasteiger partial charge in [0.05, 0.1) is 18.4 Å². The highest BCUT2D eigenvalue weighted by atomic mass is 32.2. The van der Waals surface area contributed by atoms with Gasteiger partial charge in [-0.1, -0.05) is 12.1 Å². The van der Waals surface area contributed by atoms with Gasteiger partial charge in [-0.2, -0.15) is 8.42 Å². The second kappa shape index (κ2) is 8.60. The number of nitrogens with zero attached hydrogens (tertiary/aromatic N) is 2. The number of rotatable bonds is 5. The first-order chi connectivity index (χ1) is 16.4. The van der Waals surface area contributed by atoms with Gasteiger partial charge in [0.1, 0.15) is 22.2 Å². The van der Waals surface area contributed by atoms with Crippen molar-refractivity contribution in [1.82, 2.24) is 0 Å². The molecule has 9 heteroatoms. The Balaban J connectivity index is 1.46. The van der Waals surface area contributed by atoms with Gasteiger partial charge in [0.15, 0.2) is 5.84 Å². The van der Waals surface area contributed by atoms with Crippen LogP contribution in [0.4, 0.5) is 10.1 Å². The Kier molecular flexibility index (Phi) is 5.46. The van der Waals surface area contributed by atoms with Crippen molar-refractivity contribution in [3.8, 4) is 5.75 Å². The van der Waals surface area contributed by atoms with Crippen molar-refractivity contribution in [2.45, 2.75) is 11.4 Å². The fourth-order valence-corrected chi connectivity index (χ4v) is 4.79. The van der Waals surface area contributed by atoms with Gasteiger partial charge < -0.3 is 14.1 Å². The molecule has 0 bridgehead atoms. The van der Waals surface area contributed by atoms with Crippen molar-refractivity contribution in [3.63, 3.8) is 0 Å². The molecule has 0 radical (unpaired) electrons. The van der Waals surface area contributed by atoms with E-state index in [0.29, 0.717) is 17.0 Å². The lowest BCUT2D eigenvalue weighted by atomic mass is 10.1. The van der Waals surface area contributed by atoms with Gasteiger partial charge in [-0.15, -0.1) is 4.40 Å². The molecule has 0 aliphatic carbocycles. The summed E-state index contributed by atoms with van der Waals surface area (Å²) in [5.41, 5.74) is 1.32. The lowest BCUT2D eigenvalue weighted by Gasteiger charge is -2.24. The Morgan fingerprint density at radius 3 is 2.38 bits per heavy atom. The fraction of sp³-hybridized carbons (Fsp3) is 0.0400. The highest BCUT2D eigenvalue weighted by Crippen LogP contribution is 2.32. The second-order valence-electron chi connectivity index (χ2n) is 7.44. The van der Waals surface area contributed by atoms with E-state index in [1.165, 1.54) is 36.6 Å². The topological polar surface area (TPSA) is 89.2 Å². The Hall–Kier alpha value is -4.24. The summed E-state index contributed by atoms with van der Waals surface area (Å²) in [4.78, 5) is 14.2. The second-order valence-corrected chi connectivity index (χ2v) is 9.01. The molecule has 0 fully saturated rings. The molecule has 0 amide bonds. The maximum Gasteiger partial charge on any atom is 0.343 e. The van der Waals surface area contributed by atoms with E-state index in [1.54, 1.807) is 59.5 Å². The molecule has 3 aromatic carbocycles. The quantitative estimate of drug-likeness (QED) is 0.304. The molecule has 0 N–H and O–H groups in total. The van der Waals surface area contributed by atoms with Crippen LogP contribution in [0, 0.1) is 5.82 Å². The zero-order chi connectivity index (χ0) is 23.7. The molecule has 1 aromatic heterocycles. The average Bonchev–Trinajstić information content (AvgIpc) is 3.44. The first-order valence-electron chi connectivity index (χ1n) is 10.2. The summed E-state index contributed by atoms with van der Waals surface area (Å²) in [5.74, 6) is 0.0769. The Bertz CT molecular complexity index is 1480. The van der Waals surface area contributed by atoms with E-state index in [4.69, 9.17) is 9.15 Å². The molecule has 0 saturated heterocycles. The van der Waals surface area contributed by atoms with Crippen molar-refractivity contribution in [2.75, 3.05) is 4.90 Å². The third-order valence-electron chi connectivity index (χ3n) is 5.20. The van der Waals surface area contributed by atoms with Crippen LogP contribution in [0.15, 0.2) is 105 Å². The summed E-state index contributed by atoms with van der Waals surface area (Å²) in [6, 6.07) is 21.7. The molecule has 0 unspecified atom stereocenters. The zero-order valence-electron chi connectivity index (χ0n) is 17.6. The van der Waals surface area contributed by atoms with Crippen molar-refractivity contribution in [1.29, 1.82) is 0 Å². The molecule has 5 rings (SSSR count). The van der Waals surface area contributed by atoms with Crippen LogP contribution in [-0.2, 0) is 16.6 Å². The Morgan fingerprint density at radius 1 is 0.941 bits per heavy atom. The number of esters is 1. The van der Waals surface area contributed by atoms with E-state index in [9.17, 15) is 17.6 Å². The molecule has 2 heterocycles. The third kappa shape index (κ3) is 4.20. The summed E-state index contributed by atoms with van der Waals surface area (Å²) in [5, 5.41) is 0. The van der Waals surface area contributed by atoms with Crippen LogP contribution in [0.1, 0.15) is 21.7 Å². The highest BCUT2D eigenvalue weighted by Gasteiger charge is 2.32. The summed E-state index contributed by atoms with van der Waals surface area (Å²) in [6.45, 7) is 0.227. The molecule has 170 valence electrons. The molecule has 4 aromatic rings. The Labute approximate surface area is 194 Å². The van der Waals surface area contributed by atoms with Gasteiger partial charge in [0.25, 0.3) is 10.0 Å². The number of ether oxygens (including phenoxy) is 1. The van der Waals surface area contributed by atoms with Gasteiger partial charge >= 0.3 is 5.97 Å². The van der Waals surface area contributed by atoms with Gasteiger partial charge in [0.2, 0.25) is 0 Å². The molecule has 34 heavy (non-hydrogen) atoms. The largest absolute Gasteiger partial charge is 0.467 e. The summed E-state index contributed by atoms with van der Waals surface area (Å²) in [7, 11) is -3.82. The maximum atomic E-state index is 13.1. The number of furan rings is 1. The van der Waals surface area contributed by atoms with Crippen molar-refractivity contribution in [2.24, 2.45) is 4.40 Å². The molecule has 0 atom stereocenters. The van der Waals surface area contributed by atoms with Crippen molar-refractivity contribution in [3.05, 3.63) is 114 Å². The number of hydrogen-bond donors (Lipinski definition) is 0. The first-order valence-corrected chi connectivity index (χ1v) is 11.7. The van der Waals surface area contributed by atoms with Gasteiger partial charge in [-0.05, 0) is 72.8 Å². The van der Waals surface area contributed by atoms with Crippen LogP contribution < -0.4 is 9.64 Å². The summed E-state index contributed by atoms with van der Waals surface area (Å²) in [6.07, 6.45) is 1.53. The number of carbonyl (C=O) groups is 1. The van der Waals surface area contributed by atoms with Crippen molar-refractivity contribution >= 4 is 27.5 Å². The number of fused-ring (bicyclic) bond motifs is 1.